The summed E-state index contributed by atoms with van der Waals surface area (Å²) in [7, 11) is 0. The molecule has 41 heavy (non-hydrogen) atoms. The van der Waals surface area contributed by atoms with Crippen molar-refractivity contribution in [3.63, 3.8) is 0 Å². The summed E-state index contributed by atoms with van der Waals surface area (Å²) in [5, 5.41) is 26.9. The van der Waals surface area contributed by atoms with Crippen LogP contribution in [0.3, 0.4) is 0 Å². The van der Waals surface area contributed by atoms with E-state index < -0.39 is 35.1 Å². The second-order valence-corrected chi connectivity index (χ2v) is 11.4. The number of benzene rings is 2. The Labute approximate surface area is 232 Å². The van der Waals surface area contributed by atoms with Crippen molar-refractivity contribution in [3.05, 3.63) is 64.7 Å². The largest absolute Gasteiger partial charge is 0.586 e. The molecule has 2 heterocycles. The average Bonchev–Trinajstić information content (AvgIpc) is 3.42. The summed E-state index contributed by atoms with van der Waals surface area (Å²) in [6.07, 6.45) is -0.558. The van der Waals surface area contributed by atoms with Crippen molar-refractivity contribution in [2.45, 2.75) is 69.5 Å². The molecule has 4 aliphatic carbocycles. The van der Waals surface area contributed by atoms with Crippen LogP contribution in [0.5, 0.6) is 11.5 Å². The molecule has 2 N–H and O–H groups in total. The molecule has 12 heteroatoms. The lowest BCUT2D eigenvalue weighted by Crippen LogP contribution is -2.71. The number of aliphatic carboxylic acids is 1. The molecule has 2 atom stereocenters. The molecular formula is C29H25F3N4O5. The van der Waals surface area contributed by atoms with Crippen LogP contribution in [0.2, 0.25) is 0 Å². The lowest BCUT2D eigenvalue weighted by atomic mass is 9.41. The summed E-state index contributed by atoms with van der Waals surface area (Å²) in [5.41, 5.74) is 1.87. The highest BCUT2D eigenvalue weighted by molar-refractivity contribution is 5.80. The van der Waals surface area contributed by atoms with Gasteiger partial charge in [-0.15, -0.1) is 8.78 Å². The third-order valence-electron chi connectivity index (χ3n) is 8.65. The first-order valence-corrected chi connectivity index (χ1v) is 13.4. The number of carbonyl (C=O) groups is 1. The lowest BCUT2D eigenvalue weighted by Gasteiger charge is -2.67. The van der Waals surface area contributed by atoms with Gasteiger partial charge < -0.3 is 24.6 Å². The highest BCUT2D eigenvalue weighted by Gasteiger charge is 2.73. The molecule has 3 fully saturated rings. The monoisotopic (exact) mass is 566 g/mol. The minimum atomic E-state index is -3.74. The van der Waals surface area contributed by atoms with Gasteiger partial charge in [0.2, 0.25) is 0 Å². The van der Waals surface area contributed by atoms with Crippen LogP contribution in [0.25, 0.3) is 5.69 Å². The van der Waals surface area contributed by atoms with Gasteiger partial charge in [0, 0.05) is 11.6 Å². The van der Waals surface area contributed by atoms with Crippen LogP contribution in [0.15, 0.2) is 36.4 Å². The zero-order chi connectivity index (χ0) is 28.7. The van der Waals surface area contributed by atoms with E-state index in [1.165, 1.54) is 18.2 Å². The van der Waals surface area contributed by atoms with Crippen LogP contribution in [0.1, 0.15) is 73.7 Å². The van der Waals surface area contributed by atoms with Gasteiger partial charge in [0.1, 0.15) is 18.0 Å². The fourth-order valence-electron chi connectivity index (χ4n) is 6.70. The van der Waals surface area contributed by atoms with Crippen molar-refractivity contribution >= 4 is 11.7 Å². The zero-order valence-corrected chi connectivity index (χ0v) is 21.9. The molecule has 8 rings (SSSR count). The fourth-order valence-corrected chi connectivity index (χ4v) is 6.70. The van der Waals surface area contributed by atoms with Gasteiger partial charge in [-0.05, 0) is 81.3 Å². The van der Waals surface area contributed by atoms with E-state index in [2.05, 4.69) is 26.0 Å². The SMILES string of the molecule is C[C@H](Nc1cc(-n2nc(C#N)c3c2[C@@H](OC24CC(C(=O)O)(C2)C4)CCC3)ccc1F)c1ccc2c(c1)OC(F)(F)O2. The van der Waals surface area contributed by atoms with Gasteiger partial charge in [0.15, 0.2) is 17.2 Å². The maximum absolute atomic E-state index is 15.0. The Hall–Kier alpha value is -4.24. The smallest absolute Gasteiger partial charge is 0.481 e. The molecule has 1 aromatic heterocycles. The van der Waals surface area contributed by atoms with Crippen LogP contribution in [-0.4, -0.2) is 32.8 Å². The molecule has 0 saturated heterocycles. The molecule has 212 valence electrons. The molecule has 2 bridgehead atoms. The van der Waals surface area contributed by atoms with Gasteiger partial charge in [0.05, 0.1) is 28.1 Å². The summed E-state index contributed by atoms with van der Waals surface area (Å²) in [6.45, 7) is 1.75. The number of hydrogen-bond donors (Lipinski definition) is 2. The van der Waals surface area contributed by atoms with Crippen molar-refractivity contribution in [2.75, 3.05) is 5.32 Å². The van der Waals surface area contributed by atoms with Crippen molar-refractivity contribution < 1.29 is 37.3 Å². The Morgan fingerprint density at radius 1 is 1.22 bits per heavy atom. The normalized spacial score (nSPS) is 27.1. The topological polar surface area (TPSA) is 119 Å². The molecule has 0 spiro atoms. The Bertz CT molecular complexity index is 1630. The first-order chi connectivity index (χ1) is 19.5. The van der Waals surface area contributed by atoms with Crippen LogP contribution in [-0.2, 0) is 16.0 Å². The first kappa shape index (κ1) is 25.7. The van der Waals surface area contributed by atoms with Crippen LogP contribution in [0.4, 0.5) is 18.9 Å². The number of alkyl halides is 2. The molecule has 3 saturated carbocycles. The Balaban J connectivity index is 1.17. The molecule has 9 nitrogen and oxygen atoms in total. The minimum Gasteiger partial charge on any atom is -0.481 e. The van der Waals surface area contributed by atoms with E-state index in [1.54, 1.807) is 29.8 Å². The number of ether oxygens (including phenoxy) is 3. The number of aromatic nitrogens is 2. The number of rotatable bonds is 7. The molecule has 0 radical (unpaired) electrons. The van der Waals surface area contributed by atoms with E-state index in [0.717, 1.165) is 17.7 Å². The Morgan fingerprint density at radius 3 is 2.71 bits per heavy atom. The second kappa shape index (κ2) is 8.63. The number of fused-ring (bicyclic) bond motifs is 2. The summed E-state index contributed by atoms with van der Waals surface area (Å²) >= 11 is 0. The van der Waals surface area contributed by atoms with Crippen LogP contribution < -0.4 is 14.8 Å². The molecule has 2 aromatic carbocycles. The number of halogens is 3. The average molecular weight is 567 g/mol. The number of hydrogen-bond acceptors (Lipinski definition) is 7. The Morgan fingerprint density at radius 2 is 1.98 bits per heavy atom. The molecule has 3 aromatic rings. The molecule has 0 unspecified atom stereocenters. The van der Waals surface area contributed by atoms with Gasteiger partial charge >= 0.3 is 12.3 Å². The Kier molecular flexibility index (Phi) is 5.41. The predicted octanol–water partition coefficient (Wildman–Crippen LogP) is 5.78. The van der Waals surface area contributed by atoms with E-state index in [1.807, 2.05) is 0 Å². The summed E-state index contributed by atoms with van der Waals surface area (Å²) in [4.78, 5) is 11.6. The second-order valence-electron chi connectivity index (χ2n) is 11.4. The fraction of sp³-hybridized carbons (Fsp3) is 0.414. The molecule has 0 amide bonds. The van der Waals surface area contributed by atoms with Crippen LogP contribution in [0, 0.1) is 22.6 Å². The first-order valence-electron chi connectivity index (χ1n) is 13.4. The highest BCUT2D eigenvalue weighted by Crippen LogP contribution is 2.70. The van der Waals surface area contributed by atoms with Gasteiger partial charge in [-0.1, -0.05) is 6.07 Å². The van der Waals surface area contributed by atoms with Crippen molar-refractivity contribution in [1.29, 1.82) is 5.26 Å². The molecule has 5 aliphatic rings. The van der Waals surface area contributed by atoms with Crippen LogP contribution >= 0.6 is 0 Å². The minimum absolute atomic E-state index is 0.0790. The standard InChI is InChI=1S/C29H25F3N4O5/c1-15(16-5-8-22-24(9-16)41-29(31,32)40-22)34-20-10-17(6-7-19(20)30)36-25-18(21(11-33)35-36)3-2-4-23(25)39-28-12-27(13-28,14-28)26(37)38/h5-10,15,23,34H,2-4,12-14H2,1H3,(H,37,38)/t15-,23-,27?,28?/m0/s1. The number of carboxylic acid groups (broad SMARTS) is 1. The van der Waals surface area contributed by atoms with Crippen molar-refractivity contribution in [1.82, 2.24) is 9.78 Å². The lowest BCUT2D eigenvalue weighted by molar-refractivity contribution is -0.300. The number of anilines is 1. The van der Waals surface area contributed by atoms with E-state index in [9.17, 15) is 28.3 Å². The molecule has 1 aliphatic heterocycles. The van der Waals surface area contributed by atoms with E-state index in [4.69, 9.17) is 4.74 Å². The van der Waals surface area contributed by atoms with E-state index in [0.29, 0.717) is 43.4 Å². The molecular weight excluding hydrogens is 541 g/mol. The predicted molar refractivity (Wildman–Crippen MR) is 136 cm³/mol. The van der Waals surface area contributed by atoms with Crippen molar-refractivity contribution in [3.8, 4) is 23.3 Å². The van der Waals surface area contributed by atoms with Gasteiger partial charge in [-0.25, -0.2) is 9.07 Å². The third kappa shape index (κ3) is 4.01. The zero-order valence-electron chi connectivity index (χ0n) is 21.9. The number of nitrogens with zero attached hydrogens (tertiary/aromatic N) is 3. The van der Waals surface area contributed by atoms with E-state index >= 15 is 0 Å². The third-order valence-corrected chi connectivity index (χ3v) is 8.65. The number of carboxylic acids is 1. The maximum Gasteiger partial charge on any atom is 0.586 e. The maximum atomic E-state index is 15.0. The quantitative estimate of drug-likeness (QED) is 0.370. The number of nitriles is 1. The summed E-state index contributed by atoms with van der Waals surface area (Å²) in [5.74, 6) is -1.50. The summed E-state index contributed by atoms with van der Waals surface area (Å²) in [6, 6.07) is 10.5. The summed E-state index contributed by atoms with van der Waals surface area (Å²) < 4.78 is 59.0. The van der Waals surface area contributed by atoms with Gasteiger partial charge in [0.25, 0.3) is 0 Å². The van der Waals surface area contributed by atoms with Crippen molar-refractivity contribution in [2.24, 2.45) is 5.41 Å². The number of nitrogens with one attached hydrogen (secondary N) is 1. The van der Waals surface area contributed by atoms with Gasteiger partial charge in [-0.3, -0.25) is 4.79 Å². The van der Waals surface area contributed by atoms with Gasteiger partial charge in [-0.2, -0.15) is 10.4 Å². The van der Waals surface area contributed by atoms with E-state index in [-0.39, 0.29) is 29.0 Å². The highest BCUT2D eigenvalue weighted by atomic mass is 19.3.